The predicted molar refractivity (Wildman–Crippen MR) is 107 cm³/mol. The minimum Gasteiger partial charge on any atom is -0.462 e. The molecule has 3 aromatic rings. The van der Waals surface area contributed by atoms with Gasteiger partial charge in [-0.1, -0.05) is 0 Å². The number of nitriles is 1. The first-order chi connectivity index (χ1) is 13.6. The fourth-order valence-corrected chi connectivity index (χ4v) is 3.47. The number of pyridine rings is 1. The van der Waals surface area contributed by atoms with E-state index in [0.717, 1.165) is 16.8 Å². The Morgan fingerprint density at radius 3 is 2.86 bits per heavy atom. The summed E-state index contributed by atoms with van der Waals surface area (Å²) in [5.74, 6) is -0.348. The third-order valence-corrected chi connectivity index (χ3v) is 4.98. The maximum absolute atomic E-state index is 12.0. The summed E-state index contributed by atoms with van der Waals surface area (Å²) in [6.45, 7) is 4.42. The second-order valence-corrected chi connectivity index (χ2v) is 6.89. The summed E-state index contributed by atoms with van der Waals surface area (Å²) in [5.41, 5.74) is 3.29. The number of carbonyl (C=O) groups is 1. The van der Waals surface area contributed by atoms with Gasteiger partial charge in [-0.3, -0.25) is 9.67 Å². The summed E-state index contributed by atoms with van der Waals surface area (Å²) in [6, 6.07) is 5.91. The Bertz CT molecular complexity index is 1030. The first-order valence-electron chi connectivity index (χ1n) is 8.79. The quantitative estimate of drug-likeness (QED) is 0.564. The normalized spacial score (nSPS) is 10.9. The minimum absolute atomic E-state index is 0.332. The number of carbonyl (C=O) groups excluding carboxylic acids is 1. The van der Waals surface area contributed by atoms with Gasteiger partial charge in [0.2, 0.25) is 0 Å². The van der Waals surface area contributed by atoms with Crippen molar-refractivity contribution in [2.24, 2.45) is 0 Å². The summed E-state index contributed by atoms with van der Waals surface area (Å²) < 4.78 is 6.82. The third-order valence-electron chi connectivity index (χ3n) is 3.88. The molecule has 0 aliphatic carbocycles. The van der Waals surface area contributed by atoms with Gasteiger partial charge in [0.25, 0.3) is 0 Å². The molecule has 142 valence electrons. The molecule has 0 atom stereocenters. The summed E-state index contributed by atoms with van der Waals surface area (Å²) in [6.07, 6.45) is 9.49. The Labute approximate surface area is 166 Å². The molecule has 0 aromatic carbocycles. The SMILES string of the molecule is CCOC(=O)c1sc(/C=C/c2cn(CCC#N)nc2-c2ccncc2)nc1C. The van der Waals surface area contributed by atoms with Gasteiger partial charge in [-0.15, -0.1) is 11.3 Å². The van der Waals surface area contributed by atoms with E-state index in [2.05, 4.69) is 21.1 Å². The lowest BCUT2D eigenvalue weighted by Crippen LogP contribution is -2.03. The van der Waals surface area contributed by atoms with Crippen LogP contribution in [0.5, 0.6) is 0 Å². The molecule has 0 fully saturated rings. The molecule has 0 radical (unpaired) electrons. The van der Waals surface area contributed by atoms with Crippen LogP contribution in [-0.4, -0.2) is 32.3 Å². The second-order valence-electron chi connectivity index (χ2n) is 5.86. The molecule has 0 unspecified atom stereocenters. The molecule has 8 heteroatoms. The smallest absolute Gasteiger partial charge is 0.350 e. The molecule has 0 amide bonds. The van der Waals surface area contributed by atoms with Crippen LogP contribution in [0, 0.1) is 18.3 Å². The van der Waals surface area contributed by atoms with Gasteiger partial charge < -0.3 is 4.74 Å². The lowest BCUT2D eigenvalue weighted by atomic mass is 10.1. The van der Waals surface area contributed by atoms with Gasteiger partial charge in [-0.25, -0.2) is 9.78 Å². The molecular formula is C20H19N5O2S. The molecule has 0 saturated carbocycles. The van der Waals surface area contributed by atoms with E-state index in [0.29, 0.717) is 35.2 Å². The molecular weight excluding hydrogens is 374 g/mol. The van der Waals surface area contributed by atoms with E-state index >= 15 is 0 Å². The molecule has 3 rings (SSSR count). The van der Waals surface area contributed by atoms with Crippen molar-refractivity contribution in [1.82, 2.24) is 19.7 Å². The van der Waals surface area contributed by atoms with Gasteiger partial charge in [-0.2, -0.15) is 10.4 Å². The standard InChI is InChI=1S/C20H19N5O2S/c1-3-27-20(26)19-14(2)23-17(28-19)6-5-16-13-25(12-4-9-21)24-18(16)15-7-10-22-11-8-15/h5-8,10-11,13H,3-4,12H2,1-2H3/b6-5+. The molecule has 0 N–H and O–H groups in total. The van der Waals surface area contributed by atoms with E-state index in [4.69, 9.17) is 10.00 Å². The lowest BCUT2D eigenvalue weighted by Gasteiger charge is -1.98. The van der Waals surface area contributed by atoms with E-state index in [1.165, 1.54) is 11.3 Å². The summed E-state index contributed by atoms with van der Waals surface area (Å²) in [4.78, 5) is 21.0. The zero-order valence-corrected chi connectivity index (χ0v) is 16.4. The van der Waals surface area contributed by atoms with Crippen LogP contribution >= 0.6 is 11.3 Å². The van der Waals surface area contributed by atoms with E-state index in [1.54, 1.807) is 30.9 Å². The van der Waals surface area contributed by atoms with Crippen molar-refractivity contribution in [3.63, 3.8) is 0 Å². The molecule has 28 heavy (non-hydrogen) atoms. The molecule has 3 heterocycles. The number of hydrogen-bond acceptors (Lipinski definition) is 7. The van der Waals surface area contributed by atoms with Crippen LogP contribution in [0.2, 0.25) is 0 Å². The summed E-state index contributed by atoms with van der Waals surface area (Å²) in [7, 11) is 0. The monoisotopic (exact) mass is 393 g/mol. The van der Waals surface area contributed by atoms with Gasteiger partial charge in [0.15, 0.2) is 0 Å². The largest absolute Gasteiger partial charge is 0.462 e. The Kier molecular flexibility index (Phi) is 6.29. The number of hydrogen-bond donors (Lipinski definition) is 0. The maximum Gasteiger partial charge on any atom is 0.350 e. The number of aryl methyl sites for hydroxylation is 2. The van der Waals surface area contributed by atoms with E-state index in [-0.39, 0.29) is 5.97 Å². The van der Waals surface area contributed by atoms with Crippen molar-refractivity contribution < 1.29 is 9.53 Å². The van der Waals surface area contributed by atoms with E-state index in [1.807, 2.05) is 30.5 Å². The van der Waals surface area contributed by atoms with Gasteiger partial charge in [0.1, 0.15) is 9.88 Å². The van der Waals surface area contributed by atoms with Crippen LogP contribution < -0.4 is 0 Å². The van der Waals surface area contributed by atoms with Gasteiger partial charge in [0.05, 0.1) is 37.0 Å². The van der Waals surface area contributed by atoms with Gasteiger partial charge in [0, 0.05) is 29.7 Å². The highest BCUT2D eigenvalue weighted by Crippen LogP contribution is 2.25. The van der Waals surface area contributed by atoms with Crippen LogP contribution in [0.15, 0.2) is 30.7 Å². The fraction of sp³-hybridized carbons (Fsp3) is 0.250. The van der Waals surface area contributed by atoms with Crippen molar-refractivity contribution in [3.05, 3.63) is 51.9 Å². The maximum atomic E-state index is 12.0. The molecule has 0 aliphatic rings. The average Bonchev–Trinajstić information content (AvgIpc) is 3.29. The zero-order chi connectivity index (χ0) is 19.9. The van der Waals surface area contributed by atoms with Crippen LogP contribution in [-0.2, 0) is 11.3 Å². The third kappa shape index (κ3) is 4.50. The number of esters is 1. The second kappa shape index (κ2) is 9.06. The van der Waals surface area contributed by atoms with Crippen LogP contribution in [0.1, 0.15) is 39.3 Å². The average molecular weight is 393 g/mol. The van der Waals surface area contributed by atoms with Gasteiger partial charge >= 0.3 is 5.97 Å². The molecule has 0 saturated heterocycles. The lowest BCUT2D eigenvalue weighted by molar-refractivity contribution is 0.0531. The number of aromatic nitrogens is 4. The highest BCUT2D eigenvalue weighted by molar-refractivity contribution is 7.14. The van der Waals surface area contributed by atoms with E-state index < -0.39 is 0 Å². The molecule has 0 bridgehead atoms. The van der Waals surface area contributed by atoms with E-state index in [9.17, 15) is 4.79 Å². The Hall–Kier alpha value is -3.31. The van der Waals surface area contributed by atoms with Crippen molar-refractivity contribution in [3.8, 4) is 17.3 Å². The van der Waals surface area contributed by atoms with Crippen molar-refractivity contribution in [2.45, 2.75) is 26.8 Å². The topological polar surface area (TPSA) is 93.7 Å². The van der Waals surface area contributed by atoms with Crippen LogP contribution in [0.3, 0.4) is 0 Å². The molecule has 0 spiro atoms. The number of ether oxygens (including phenoxy) is 1. The first kappa shape index (κ1) is 19.5. The summed E-state index contributed by atoms with van der Waals surface area (Å²) >= 11 is 1.30. The Morgan fingerprint density at radius 2 is 2.14 bits per heavy atom. The molecule has 7 nitrogen and oxygen atoms in total. The van der Waals surface area contributed by atoms with Crippen LogP contribution in [0.4, 0.5) is 0 Å². The highest BCUT2D eigenvalue weighted by atomic mass is 32.1. The minimum atomic E-state index is -0.348. The van der Waals surface area contributed by atoms with Crippen LogP contribution in [0.25, 0.3) is 23.4 Å². The number of rotatable bonds is 7. The Balaban J connectivity index is 1.91. The fourth-order valence-electron chi connectivity index (χ4n) is 2.61. The highest BCUT2D eigenvalue weighted by Gasteiger charge is 2.15. The Morgan fingerprint density at radius 1 is 1.36 bits per heavy atom. The van der Waals surface area contributed by atoms with Crippen molar-refractivity contribution in [1.29, 1.82) is 5.26 Å². The molecule has 3 aromatic heterocycles. The first-order valence-corrected chi connectivity index (χ1v) is 9.61. The number of nitrogens with zero attached hydrogens (tertiary/aromatic N) is 5. The predicted octanol–water partition coefficient (Wildman–Crippen LogP) is 3.97. The number of thiazole rings is 1. The molecule has 0 aliphatic heterocycles. The van der Waals surface area contributed by atoms with Crippen molar-refractivity contribution >= 4 is 29.5 Å². The van der Waals surface area contributed by atoms with Crippen molar-refractivity contribution in [2.75, 3.05) is 6.61 Å². The summed E-state index contributed by atoms with van der Waals surface area (Å²) in [5, 5.41) is 14.1. The zero-order valence-electron chi connectivity index (χ0n) is 15.6. The van der Waals surface area contributed by atoms with Gasteiger partial charge in [-0.05, 0) is 38.1 Å².